The number of hydrogen-bond acceptors (Lipinski definition) is 4. The third-order valence-corrected chi connectivity index (χ3v) is 3.30. The Morgan fingerprint density at radius 1 is 1.60 bits per heavy atom. The van der Waals surface area contributed by atoms with Crippen LogP contribution in [0.4, 0.5) is 0 Å². The van der Waals surface area contributed by atoms with Crippen molar-refractivity contribution in [2.24, 2.45) is 7.05 Å². The summed E-state index contributed by atoms with van der Waals surface area (Å²) in [5.41, 5.74) is 0.369. The summed E-state index contributed by atoms with van der Waals surface area (Å²) < 4.78 is 26.6. The van der Waals surface area contributed by atoms with E-state index >= 15 is 0 Å². The molecule has 0 saturated carbocycles. The predicted octanol–water partition coefficient (Wildman–Crippen LogP) is -0.0566. The predicted molar refractivity (Wildman–Crippen MR) is 53.6 cm³/mol. The van der Waals surface area contributed by atoms with Gasteiger partial charge in [0, 0.05) is 19.7 Å². The van der Waals surface area contributed by atoms with Gasteiger partial charge in [0.2, 0.25) is 5.91 Å². The number of carbonyl (C=O) groups is 1. The maximum atomic E-state index is 11.7. The van der Waals surface area contributed by atoms with Crippen LogP contribution in [0.5, 0.6) is 0 Å². The zero-order valence-corrected chi connectivity index (χ0v) is 9.63. The van der Waals surface area contributed by atoms with Gasteiger partial charge >= 0.3 is 0 Å². The first-order chi connectivity index (χ1) is 6.86. The Hall–Kier alpha value is -1.37. The first-order valence-corrected chi connectivity index (χ1v) is 5.91. The van der Waals surface area contributed by atoms with Crippen molar-refractivity contribution in [3.63, 3.8) is 0 Å². The highest BCUT2D eigenvalue weighted by Gasteiger charge is 2.21. The summed E-state index contributed by atoms with van der Waals surface area (Å²) in [5, 5.41) is 3.90. The van der Waals surface area contributed by atoms with Gasteiger partial charge in [0.25, 0.3) is 10.0 Å². The Labute approximate surface area is 88.3 Å². The Bertz CT molecular complexity index is 475. The molecule has 0 aliphatic heterocycles. The number of rotatable bonds is 3. The Balaban J connectivity index is 3.06. The third-order valence-electron chi connectivity index (χ3n) is 1.83. The molecule has 0 atom stereocenters. The average molecular weight is 231 g/mol. The molecule has 0 fully saturated rings. The number of sulfonamides is 1. The van der Waals surface area contributed by atoms with Gasteiger partial charge in [-0.1, -0.05) is 6.92 Å². The standard InChI is InChI=1S/C8H13N3O3S/c1-4-8(12)10-15(13,14)7-5-11(3)9-6(7)2/h5H,4H2,1-3H3,(H,10,12). The Morgan fingerprint density at radius 2 is 2.20 bits per heavy atom. The van der Waals surface area contributed by atoms with Gasteiger partial charge in [-0.05, 0) is 6.92 Å². The second-order valence-corrected chi connectivity index (χ2v) is 4.79. The SMILES string of the molecule is CCC(=O)NS(=O)(=O)c1cn(C)nc1C. The van der Waals surface area contributed by atoms with Gasteiger partial charge in [-0.2, -0.15) is 5.10 Å². The minimum atomic E-state index is -3.76. The highest BCUT2D eigenvalue weighted by molar-refractivity contribution is 7.90. The van der Waals surface area contributed by atoms with Crippen LogP contribution in [0.3, 0.4) is 0 Å². The minimum Gasteiger partial charge on any atom is -0.274 e. The van der Waals surface area contributed by atoms with E-state index in [-0.39, 0.29) is 11.3 Å². The molecule has 6 nitrogen and oxygen atoms in total. The van der Waals surface area contributed by atoms with Gasteiger partial charge < -0.3 is 0 Å². The largest absolute Gasteiger partial charge is 0.274 e. The molecule has 0 unspecified atom stereocenters. The topological polar surface area (TPSA) is 81.1 Å². The molecule has 0 spiro atoms. The number of nitrogens with one attached hydrogen (secondary N) is 1. The zero-order valence-electron chi connectivity index (χ0n) is 8.81. The van der Waals surface area contributed by atoms with Crippen LogP contribution in [-0.4, -0.2) is 24.1 Å². The van der Waals surface area contributed by atoms with E-state index in [9.17, 15) is 13.2 Å². The van der Waals surface area contributed by atoms with Crippen LogP contribution < -0.4 is 4.72 Å². The molecule has 1 heterocycles. The number of carbonyl (C=O) groups excluding carboxylic acids is 1. The molecule has 0 aromatic carbocycles. The highest BCUT2D eigenvalue weighted by Crippen LogP contribution is 2.12. The quantitative estimate of drug-likeness (QED) is 0.790. The molecule has 1 aromatic rings. The summed E-state index contributed by atoms with van der Waals surface area (Å²) in [4.78, 5) is 11.0. The molecule has 15 heavy (non-hydrogen) atoms. The highest BCUT2D eigenvalue weighted by atomic mass is 32.2. The maximum absolute atomic E-state index is 11.7. The van der Waals surface area contributed by atoms with Crippen LogP contribution in [0, 0.1) is 6.92 Å². The van der Waals surface area contributed by atoms with Crippen molar-refractivity contribution in [1.29, 1.82) is 0 Å². The van der Waals surface area contributed by atoms with Crippen LogP contribution in [0.2, 0.25) is 0 Å². The van der Waals surface area contributed by atoms with Crippen molar-refractivity contribution in [2.45, 2.75) is 25.2 Å². The molecule has 1 aromatic heterocycles. The molecule has 7 heteroatoms. The number of aryl methyl sites for hydroxylation is 2. The first kappa shape index (κ1) is 11.7. The summed E-state index contributed by atoms with van der Waals surface area (Å²) in [6.07, 6.45) is 1.49. The van der Waals surface area contributed by atoms with E-state index in [1.807, 2.05) is 4.72 Å². The summed E-state index contributed by atoms with van der Waals surface area (Å²) in [6, 6.07) is 0. The third kappa shape index (κ3) is 2.56. The number of aromatic nitrogens is 2. The lowest BCUT2D eigenvalue weighted by molar-refractivity contribution is -0.119. The summed E-state index contributed by atoms with van der Waals surface area (Å²) in [5.74, 6) is -0.529. The van der Waals surface area contributed by atoms with Crippen molar-refractivity contribution < 1.29 is 13.2 Å². The van der Waals surface area contributed by atoms with E-state index in [2.05, 4.69) is 5.10 Å². The lowest BCUT2D eigenvalue weighted by atomic mass is 10.5. The lowest BCUT2D eigenvalue weighted by Gasteiger charge is -2.03. The first-order valence-electron chi connectivity index (χ1n) is 4.42. The molecule has 0 bridgehead atoms. The summed E-state index contributed by atoms with van der Waals surface area (Å²) in [6.45, 7) is 3.16. The summed E-state index contributed by atoms with van der Waals surface area (Å²) >= 11 is 0. The molecule has 0 radical (unpaired) electrons. The van der Waals surface area contributed by atoms with Crippen LogP contribution in [0.15, 0.2) is 11.1 Å². The maximum Gasteiger partial charge on any atom is 0.267 e. The van der Waals surface area contributed by atoms with Gasteiger partial charge in [-0.15, -0.1) is 0 Å². The lowest BCUT2D eigenvalue weighted by Crippen LogP contribution is -2.30. The van der Waals surface area contributed by atoms with Gasteiger partial charge in [-0.25, -0.2) is 13.1 Å². The number of hydrogen-bond donors (Lipinski definition) is 1. The van der Waals surface area contributed by atoms with Crippen molar-refractivity contribution in [3.05, 3.63) is 11.9 Å². The molecular formula is C8H13N3O3S. The average Bonchev–Trinajstić information content (AvgIpc) is 2.45. The van der Waals surface area contributed by atoms with E-state index in [4.69, 9.17) is 0 Å². The van der Waals surface area contributed by atoms with Crippen LogP contribution in [0.25, 0.3) is 0 Å². The molecular weight excluding hydrogens is 218 g/mol. The Morgan fingerprint density at radius 3 is 2.60 bits per heavy atom. The van der Waals surface area contributed by atoms with Gasteiger partial charge in [-0.3, -0.25) is 9.48 Å². The normalized spacial score (nSPS) is 11.4. The van der Waals surface area contributed by atoms with E-state index in [0.717, 1.165) is 0 Å². The van der Waals surface area contributed by atoms with Crippen molar-refractivity contribution >= 4 is 15.9 Å². The van der Waals surface area contributed by atoms with Gasteiger partial charge in [0.15, 0.2) is 0 Å². The Kier molecular flexibility index (Phi) is 3.13. The number of amides is 1. The second-order valence-electron chi connectivity index (χ2n) is 3.13. The van der Waals surface area contributed by atoms with E-state index in [1.54, 1.807) is 20.9 Å². The molecule has 1 amide bonds. The van der Waals surface area contributed by atoms with Crippen LogP contribution in [0.1, 0.15) is 19.0 Å². The molecule has 84 valence electrons. The molecule has 1 N–H and O–H groups in total. The molecule has 0 aliphatic carbocycles. The van der Waals surface area contributed by atoms with Gasteiger partial charge in [0.1, 0.15) is 4.90 Å². The van der Waals surface area contributed by atoms with Crippen molar-refractivity contribution in [3.8, 4) is 0 Å². The zero-order chi connectivity index (χ0) is 11.6. The van der Waals surface area contributed by atoms with Crippen molar-refractivity contribution in [1.82, 2.24) is 14.5 Å². The number of nitrogens with zero attached hydrogens (tertiary/aromatic N) is 2. The molecule has 0 saturated heterocycles. The monoisotopic (exact) mass is 231 g/mol. The fourth-order valence-corrected chi connectivity index (χ4v) is 2.39. The minimum absolute atomic E-state index is 0.0341. The van der Waals surface area contributed by atoms with Gasteiger partial charge in [0.05, 0.1) is 5.69 Å². The fraction of sp³-hybridized carbons (Fsp3) is 0.500. The van der Waals surface area contributed by atoms with Crippen LogP contribution >= 0.6 is 0 Å². The second kappa shape index (κ2) is 4.01. The van der Waals surface area contributed by atoms with E-state index < -0.39 is 15.9 Å². The van der Waals surface area contributed by atoms with E-state index in [0.29, 0.717) is 5.69 Å². The fourth-order valence-electron chi connectivity index (χ4n) is 1.12. The molecule has 0 aliphatic rings. The van der Waals surface area contributed by atoms with Crippen LogP contribution in [-0.2, 0) is 21.9 Å². The molecule has 1 rings (SSSR count). The van der Waals surface area contributed by atoms with E-state index in [1.165, 1.54) is 10.9 Å². The summed E-state index contributed by atoms with van der Waals surface area (Å²) in [7, 11) is -2.15. The smallest absolute Gasteiger partial charge is 0.267 e. The van der Waals surface area contributed by atoms with Crippen molar-refractivity contribution in [2.75, 3.05) is 0 Å².